The number of aromatic nitrogens is 1. The second-order valence-corrected chi connectivity index (χ2v) is 8.84. The number of piperidine rings is 1. The van der Waals surface area contributed by atoms with E-state index in [1.807, 2.05) is 18.2 Å². The first-order valence-electron chi connectivity index (χ1n) is 10.7. The Labute approximate surface area is 180 Å². The Morgan fingerprint density at radius 1 is 1.13 bits per heavy atom. The van der Waals surface area contributed by atoms with Crippen molar-refractivity contribution in [1.29, 1.82) is 0 Å². The molecule has 6 nitrogen and oxygen atoms in total. The quantitative estimate of drug-likeness (QED) is 0.455. The van der Waals surface area contributed by atoms with Crippen LogP contribution >= 0.6 is 11.3 Å². The molecule has 3 aromatic rings. The highest BCUT2D eigenvalue weighted by atomic mass is 32.1. The fourth-order valence-electron chi connectivity index (χ4n) is 4.12. The van der Waals surface area contributed by atoms with Crippen molar-refractivity contribution in [3.05, 3.63) is 48.0 Å². The summed E-state index contributed by atoms with van der Waals surface area (Å²) < 4.78 is 7.26. The van der Waals surface area contributed by atoms with Crippen LogP contribution < -0.4 is 19.8 Å². The Hall–Kier alpha value is -2.35. The highest BCUT2D eigenvalue weighted by Gasteiger charge is 2.21. The zero-order chi connectivity index (χ0) is 20.2. The third-order valence-electron chi connectivity index (χ3n) is 5.81. The van der Waals surface area contributed by atoms with Gasteiger partial charge in [0.1, 0.15) is 12.4 Å². The van der Waals surface area contributed by atoms with E-state index in [1.165, 1.54) is 17.5 Å². The molecule has 1 aromatic heterocycles. The van der Waals surface area contributed by atoms with E-state index in [9.17, 15) is 0 Å². The van der Waals surface area contributed by atoms with Crippen LogP contribution in [-0.4, -0.2) is 44.4 Å². The van der Waals surface area contributed by atoms with E-state index in [0.29, 0.717) is 19.1 Å². The van der Waals surface area contributed by atoms with E-state index in [1.54, 1.807) is 11.3 Å². The molecule has 2 aliphatic rings. The number of hydrogen-bond acceptors (Lipinski definition) is 7. The molecule has 0 bridgehead atoms. The van der Waals surface area contributed by atoms with Crippen LogP contribution in [0.3, 0.4) is 0 Å². The van der Waals surface area contributed by atoms with Crippen molar-refractivity contribution >= 4 is 26.7 Å². The summed E-state index contributed by atoms with van der Waals surface area (Å²) >= 11 is 1.80. The highest BCUT2D eigenvalue weighted by Crippen LogP contribution is 2.32. The molecule has 0 spiro atoms. The smallest absolute Gasteiger partial charge is 0.186 e. The fraction of sp³-hybridized carbons (Fsp3) is 0.435. The van der Waals surface area contributed by atoms with Crippen LogP contribution in [0.2, 0.25) is 0 Å². The summed E-state index contributed by atoms with van der Waals surface area (Å²) in [6, 6.07) is 14.3. The largest absolute Gasteiger partial charge is 0.492 e. The van der Waals surface area contributed by atoms with Crippen LogP contribution in [0.5, 0.6) is 11.5 Å². The molecule has 0 unspecified atom stereocenters. The van der Waals surface area contributed by atoms with Gasteiger partial charge in [0, 0.05) is 31.6 Å². The van der Waals surface area contributed by atoms with Gasteiger partial charge >= 0.3 is 0 Å². The van der Waals surface area contributed by atoms with Gasteiger partial charge < -0.3 is 19.8 Å². The Bertz CT molecular complexity index is 952. The molecule has 0 saturated carbocycles. The lowest BCUT2D eigenvalue weighted by molar-refractivity contribution is -0.215. The molecule has 0 amide bonds. The van der Waals surface area contributed by atoms with Gasteiger partial charge in [-0.1, -0.05) is 29.5 Å². The van der Waals surface area contributed by atoms with Gasteiger partial charge in [-0.2, -0.15) is 4.89 Å². The Morgan fingerprint density at radius 3 is 2.93 bits per heavy atom. The van der Waals surface area contributed by atoms with Gasteiger partial charge in [-0.3, -0.25) is 0 Å². The Kier molecular flexibility index (Phi) is 6.01. The molecule has 2 aromatic carbocycles. The van der Waals surface area contributed by atoms with E-state index in [2.05, 4.69) is 34.5 Å². The first-order valence-corrected chi connectivity index (χ1v) is 11.5. The number of nitrogens with one attached hydrogen (secondary N) is 1. The monoisotopic (exact) mass is 425 g/mol. The second-order valence-electron chi connectivity index (χ2n) is 7.84. The number of fused-ring (bicyclic) bond motifs is 2. The van der Waals surface area contributed by atoms with Crippen LogP contribution in [0.1, 0.15) is 18.4 Å². The van der Waals surface area contributed by atoms with Crippen molar-refractivity contribution in [2.75, 3.05) is 44.3 Å². The lowest BCUT2D eigenvalue weighted by Crippen LogP contribution is -2.38. The zero-order valence-corrected chi connectivity index (χ0v) is 17.8. The van der Waals surface area contributed by atoms with E-state index in [0.717, 1.165) is 60.3 Å². The number of rotatable bonds is 7. The van der Waals surface area contributed by atoms with Crippen LogP contribution in [0.15, 0.2) is 42.5 Å². The highest BCUT2D eigenvalue weighted by molar-refractivity contribution is 7.22. The molecule has 1 N–H and O–H groups in total. The topological polar surface area (TPSA) is 55.9 Å². The summed E-state index contributed by atoms with van der Waals surface area (Å²) in [6.45, 7) is 5.28. The first-order chi connectivity index (χ1) is 14.9. The number of ether oxygens (including phenoxy) is 1. The maximum Gasteiger partial charge on any atom is 0.186 e. The average molecular weight is 426 g/mol. The van der Waals surface area contributed by atoms with Crippen LogP contribution in [0.4, 0.5) is 5.13 Å². The fourth-order valence-corrected chi connectivity index (χ4v) is 5.13. The van der Waals surface area contributed by atoms with Crippen LogP contribution in [-0.2, 0) is 11.3 Å². The number of benzene rings is 2. The van der Waals surface area contributed by atoms with Crippen LogP contribution in [0, 0.1) is 5.92 Å². The SMILES string of the molecule is c1cc(OCCNCC2CCN(c3nc4ccccc4s3)CC2)c2c(c1)OOCC2. The summed E-state index contributed by atoms with van der Waals surface area (Å²) in [7, 11) is 0. The summed E-state index contributed by atoms with van der Waals surface area (Å²) in [4.78, 5) is 17.5. The van der Waals surface area contributed by atoms with Crippen LogP contribution in [0.25, 0.3) is 10.2 Å². The normalized spacial score (nSPS) is 17.0. The summed E-state index contributed by atoms with van der Waals surface area (Å²) in [5.41, 5.74) is 2.21. The van der Waals surface area contributed by atoms with Gasteiger partial charge in [0.05, 0.1) is 16.8 Å². The Balaban J connectivity index is 1.03. The molecular formula is C23H27N3O3S. The molecule has 0 atom stereocenters. The lowest BCUT2D eigenvalue weighted by Gasteiger charge is -2.31. The second kappa shape index (κ2) is 9.20. The maximum absolute atomic E-state index is 5.98. The molecule has 1 fully saturated rings. The molecule has 158 valence electrons. The average Bonchev–Trinajstić information content (AvgIpc) is 3.24. The number of nitrogens with zero attached hydrogens (tertiary/aromatic N) is 2. The predicted molar refractivity (Wildman–Crippen MR) is 120 cm³/mol. The number of para-hydroxylation sites is 1. The van der Waals surface area contributed by atoms with Crippen molar-refractivity contribution in [2.45, 2.75) is 19.3 Å². The van der Waals surface area contributed by atoms with E-state index in [4.69, 9.17) is 19.5 Å². The molecular weight excluding hydrogens is 398 g/mol. The molecule has 7 heteroatoms. The van der Waals surface area contributed by atoms with Crippen molar-refractivity contribution in [1.82, 2.24) is 10.3 Å². The standard InChI is InChI=1S/C23H27N3O3S/c1-2-7-22-19(4-1)25-23(30-22)26-12-8-17(9-13-26)16-24-11-15-27-20-5-3-6-21-18(20)10-14-28-29-21/h1-7,17,24H,8-16H2. The molecule has 0 radical (unpaired) electrons. The molecule has 1 saturated heterocycles. The Morgan fingerprint density at radius 2 is 2.03 bits per heavy atom. The van der Waals surface area contributed by atoms with Gasteiger partial charge in [-0.05, 0) is 49.6 Å². The molecule has 5 rings (SSSR count). The van der Waals surface area contributed by atoms with Gasteiger partial charge in [0.15, 0.2) is 10.9 Å². The number of anilines is 1. The molecule has 0 aliphatic carbocycles. The van der Waals surface area contributed by atoms with Gasteiger partial charge in [0.25, 0.3) is 0 Å². The van der Waals surface area contributed by atoms with Crippen molar-refractivity contribution in [2.24, 2.45) is 5.92 Å². The maximum atomic E-state index is 5.98. The summed E-state index contributed by atoms with van der Waals surface area (Å²) in [6.07, 6.45) is 3.23. The van der Waals surface area contributed by atoms with Crippen molar-refractivity contribution in [3.8, 4) is 11.5 Å². The third kappa shape index (κ3) is 4.38. The van der Waals surface area contributed by atoms with Gasteiger partial charge in [-0.25, -0.2) is 4.98 Å². The molecule has 30 heavy (non-hydrogen) atoms. The minimum atomic E-state index is 0.571. The minimum absolute atomic E-state index is 0.571. The molecule has 3 heterocycles. The van der Waals surface area contributed by atoms with E-state index < -0.39 is 0 Å². The first kappa shape index (κ1) is 19.6. The summed E-state index contributed by atoms with van der Waals surface area (Å²) in [5, 5.41) is 4.73. The molecule has 2 aliphatic heterocycles. The number of hydrogen-bond donors (Lipinski definition) is 1. The van der Waals surface area contributed by atoms with Gasteiger partial charge in [0.2, 0.25) is 0 Å². The van der Waals surface area contributed by atoms with Gasteiger partial charge in [-0.15, -0.1) is 0 Å². The summed E-state index contributed by atoms with van der Waals surface area (Å²) in [5.74, 6) is 2.39. The minimum Gasteiger partial charge on any atom is -0.492 e. The van der Waals surface area contributed by atoms with Crippen molar-refractivity contribution in [3.63, 3.8) is 0 Å². The lowest BCUT2D eigenvalue weighted by atomic mass is 9.97. The van der Waals surface area contributed by atoms with E-state index >= 15 is 0 Å². The third-order valence-corrected chi connectivity index (χ3v) is 6.91. The predicted octanol–water partition coefficient (Wildman–Crippen LogP) is 4.05. The van der Waals surface area contributed by atoms with E-state index in [-0.39, 0.29) is 0 Å². The van der Waals surface area contributed by atoms with Crippen molar-refractivity contribution < 1.29 is 14.5 Å². The number of thiazole rings is 1. The zero-order valence-electron chi connectivity index (χ0n) is 17.0.